The number of aryl methyl sites for hydroxylation is 1. The zero-order valence-electron chi connectivity index (χ0n) is 16.3. The van der Waals surface area contributed by atoms with Crippen LogP contribution in [-0.2, 0) is 29.0 Å². The molecule has 1 N–H and O–H groups in total. The second kappa shape index (κ2) is 8.20. The Labute approximate surface area is 155 Å². The number of carbonyl (C=O) groups is 2. The molecule has 2 heterocycles. The third-order valence-electron chi connectivity index (χ3n) is 5.54. The van der Waals surface area contributed by atoms with E-state index in [-0.39, 0.29) is 17.7 Å². The van der Waals surface area contributed by atoms with E-state index >= 15 is 0 Å². The van der Waals surface area contributed by atoms with E-state index in [2.05, 4.69) is 15.1 Å². The van der Waals surface area contributed by atoms with Gasteiger partial charge in [-0.15, -0.1) is 0 Å². The zero-order valence-corrected chi connectivity index (χ0v) is 16.3. The van der Waals surface area contributed by atoms with Gasteiger partial charge in [-0.1, -0.05) is 6.42 Å². The van der Waals surface area contributed by atoms with Crippen molar-refractivity contribution in [2.45, 2.75) is 45.1 Å². The molecular weight excluding hydrogens is 330 g/mol. The first kappa shape index (κ1) is 18.9. The van der Waals surface area contributed by atoms with Crippen molar-refractivity contribution in [1.29, 1.82) is 0 Å². The summed E-state index contributed by atoms with van der Waals surface area (Å²) >= 11 is 0. The standard InChI is InChI=1S/C19H31N5O2/c1-22(2)9-10-24-12-14(11-18(24)25)19(26)23(3)13-17-15-7-5-4-6-8-16(15)20-21-17/h14H,4-13H2,1-3H3,(H,20,21). The van der Waals surface area contributed by atoms with Gasteiger partial charge in [-0.25, -0.2) is 0 Å². The number of carbonyl (C=O) groups excluding carboxylic acids is 2. The van der Waals surface area contributed by atoms with Crippen LogP contribution in [0.25, 0.3) is 0 Å². The van der Waals surface area contributed by atoms with E-state index in [0.29, 0.717) is 26.1 Å². The first-order chi connectivity index (χ1) is 12.5. The number of H-pyrrole nitrogens is 1. The molecule has 1 saturated heterocycles. The van der Waals surface area contributed by atoms with Crippen molar-refractivity contribution in [2.75, 3.05) is 40.8 Å². The number of aromatic nitrogens is 2. The summed E-state index contributed by atoms with van der Waals surface area (Å²) in [5, 5.41) is 7.63. The lowest BCUT2D eigenvalue weighted by Crippen LogP contribution is -2.36. The molecule has 7 heteroatoms. The molecule has 1 atom stereocenters. The second-order valence-corrected chi connectivity index (χ2v) is 7.93. The summed E-state index contributed by atoms with van der Waals surface area (Å²) in [7, 11) is 5.81. The van der Waals surface area contributed by atoms with Crippen molar-refractivity contribution in [2.24, 2.45) is 5.92 Å². The highest BCUT2D eigenvalue weighted by Crippen LogP contribution is 2.24. The minimum atomic E-state index is -0.229. The molecular formula is C19H31N5O2. The number of aromatic amines is 1. The Morgan fingerprint density at radius 1 is 1.23 bits per heavy atom. The quantitative estimate of drug-likeness (QED) is 0.769. The van der Waals surface area contributed by atoms with Crippen molar-refractivity contribution in [3.63, 3.8) is 0 Å². The average Bonchev–Trinajstić information content (AvgIpc) is 3.06. The first-order valence-corrected chi connectivity index (χ1v) is 9.68. The molecule has 26 heavy (non-hydrogen) atoms. The molecule has 0 saturated carbocycles. The van der Waals surface area contributed by atoms with Crippen molar-refractivity contribution < 1.29 is 9.59 Å². The molecule has 0 bridgehead atoms. The average molecular weight is 361 g/mol. The van der Waals surface area contributed by atoms with Gasteiger partial charge in [-0.3, -0.25) is 14.7 Å². The number of likely N-dealkylation sites (tertiary alicyclic amines) is 1. The van der Waals surface area contributed by atoms with Gasteiger partial charge >= 0.3 is 0 Å². The highest BCUT2D eigenvalue weighted by molar-refractivity contribution is 5.89. The summed E-state index contributed by atoms with van der Waals surface area (Å²) in [4.78, 5) is 30.6. The van der Waals surface area contributed by atoms with E-state index in [1.807, 2.05) is 26.0 Å². The van der Waals surface area contributed by atoms with E-state index in [4.69, 9.17) is 0 Å². The van der Waals surface area contributed by atoms with Gasteiger partial charge in [0.05, 0.1) is 18.2 Å². The lowest BCUT2D eigenvalue weighted by molar-refractivity contribution is -0.135. The van der Waals surface area contributed by atoms with Crippen LogP contribution >= 0.6 is 0 Å². The summed E-state index contributed by atoms with van der Waals surface area (Å²) in [5.41, 5.74) is 3.54. The van der Waals surface area contributed by atoms with Crippen LogP contribution in [0.4, 0.5) is 0 Å². The molecule has 2 amide bonds. The van der Waals surface area contributed by atoms with Crippen LogP contribution in [0.2, 0.25) is 0 Å². The minimum absolute atomic E-state index is 0.0519. The first-order valence-electron chi connectivity index (χ1n) is 9.68. The van der Waals surface area contributed by atoms with Gasteiger partial charge in [0.2, 0.25) is 11.8 Å². The van der Waals surface area contributed by atoms with Gasteiger partial charge in [0, 0.05) is 38.8 Å². The van der Waals surface area contributed by atoms with Crippen LogP contribution in [0.15, 0.2) is 0 Å². The Morgan fingerprint density at radius 3 is 2.77 bits per heavy atom. The third kappa shape index (κ3) is 4.26. The lowest BCUT2D eigenvalue weighted by atomic mass is 10.1. The van der Waals surface area contributed by atoms with Crippen LogP contribution in [0.3, 0.4) is 0 Å². The third-order valence-corrected chi connectivity index (χ3v) is 5.54. The maximum Gasteiger partial charge on any atom is 0.228 e. The molecule has 1 unspecified atom stereocenters. The summed E-state index contributed by atoms with van der Waals surface area (Å²) < 4.78 is 0. The number of nitrogens with one attached hydrogen (secondary N) is 1. The van der Waals surface area contributed by atoms with Crippen molar-refractivity contribution in [1.82, 2.24) is 24.9 Å². The highest BCUT2D eigenvalue weighted by atomic mass is 16.2. The predicted octanol–water partition coefficient (Wildman–Crippen LogP) is 1.05. The van der Waals surface area contributed by atoms with Crippen LogP contribution in [0.1, 0.15) is 42.6 Å². The fourth-order valence-corrected chi connectivity index (χ4v) is 3.95. The van der Waals surface area contributed by atoms with Gasteiger partial charge < -0.3 is 14.7 Å². The van der Waals surface area contributed by atoms with Crippen molar-refractivity contribution in [3.05, 3.63) is 17.0 Å². The Kier molecular flexibility index (Phi) is 5.96. The summed E-state index contributed by atoms with van der Waals surface area (Å²) in [6, 6.07) is 0. The van der Waals surface area contributed by atoms with Crippen molar-refractivity contribution >= 4 is 11.8 Å². The Bertz CT molecular complexity index is 654. The van der Waals surface area contributed by atoms with E-state index in [1.54, 1.807) is 4.90 Å². The van der Waals surface area contributed by atoms with E-state index in [9.17, 15) is 9.59 Å². The Morgan fingerprint density at radius 2 is 2.00 bits per heavy atom. The van der Waals surface area contributed by atoms with Crippen LogP contribution in [0, 0.1) is 5.92 Å². The fraction of sp³-hybridized carbons (Fsp3) is 0.737. The number of hydrogen-bond donors (Lipinski definition) is 1. The largest absolute Gasteiger partial charge is 0.341 e. The van der Waals surface area contributed by atoms with Gasteiger partial charge in [0.25, 0.3) is 0 Å². The Hall–Kier alpha value is -1.89. The molecule has 1 aromatic rings. The summed E-state index contributed by atoms with van der Waals surface area (Å²) in [6.45, 7) is 2.57. The number of hydrogen-bond acceptors (Lipinski definition) is 4. The second-order valence-electron chi connectivity index (χ2n) is 7.93. The molecule has 1 aliphatic heterocycles. The summed E-state index contributed by atoms with van der Waals surface area (Å²) in [5.74, 6) is -0.0875. The zero-order chi connectivity index (χ0) is 18.7. The van der Waals surface area contributed by atoms with E-state index in [1.165, 1.54) is 30.5 Å². The van der Waals surface area contributed by atoms with Gasteiger partial charge in [0.1, 0.15) is 0 Å². The molecule has 2 aliphatic rings. The number of amides is 2. The molecule has 144 valence electrons. The molecule has 0 spiro atoms. The van der Waals surface area contributed by atoms with Gasteiger partial charge in [-0.05, 0) is 45.3 Å². The smallest absolute Gasteiger partial charge is 0.228 e. The predicted molar refractivity (Wildman–Crippen MR) is 99.6 cm³/mol. The van der Waals surface area contributed by atoms with Gasteiger partial charge in [-0.2, -0.15) is 5.10 Å². The van der Waals surface area contributed by atoms with Crippen LogP contribution in [-0.4, -0.2) is 77.5 Å². The van der Waals surface area contributed by atoms with E-state index in [0.717, 1.165) is 25.1 Å². The SMILES string of the molecule is CN(C)CCN1CC(C(=O)N(C)Cc2n[nH]c3c2CCCCC3)CC1=O. The summed E-state index contributed by atoms with van der Waals surface area (Å²) in [6.07, 6.45) is 6.08. The maximum absolute atomic E-state index is 12.8. The molecule has 7 nitrogen and oxygen atoms in total. The molecule has 0 aromatic carbocycles. The van der Waals surface area contributed by atoms with Crippen LogP contribution < -0.4 is 0 Å². The van der Waals surface area contributed by atoms with Crippen molar-refractivity contribution in [3.8, 4) is 0 Å². The Balaban J connectivity index is 1.58. The molecule has 1 aliphatic carbocycles. The van der Waals surface area contributed by atoms with Gasteiger partial charge in [0.15, 0.2) is 0 Å². The molecule has 3 rings (SSSR count). The monoisotopic (exact) mass is 361 g/mol. The number of rotatable bonds is 6. The minimum Gasteiger partial charge on any atom is -0.341 e. The normalized spacial score (nSPS) is 20.4. The molecule has 1 fully saturated rings. The van der Waals surface area contributed by atoms with E-state index < -0.39 is 0 Å². The van der Waals surface area contributed by atoms with Crippen LogP contribution in [0.5, 0.6) is 0 Å². The topological polar surface area (TPSA) is 72.5 Å². The maximum atomic E-state index is 12.8. The highest BCUT2D eigenvalue weighted by Gasteiger charge is 2.35. The lowest BCUT2D eigenvalue weighted by Gasteiger charge is -2.22. The number of fused-ring (bicyclic) bond motifs is 1. The number of nitrogens with zero attached hydrogens (tertiary/aromatic N) is 4. The molecule has 1 aromatic heterocycles. The number of likely N-dealkylation sites (N-methyl/N-ethyl adjacent to an activating group) is 1. The molecule has 0 radical (unpaired) electrons. The fourth-order valence-electron chi connectivity index (χ4n) is 3.95.